The summed E-state index contributed by atoms with van der Waals surface area (Å²) < 4.78 is 13.5. The molecule has 70 heavy (non-hydrogen) atoms. The molecule has 0 saturated heterocycles. The number of para-hydroxylation sites is 3. The molecule has 0 fully saturated rings. The molecule has 0 N–H and O–H groups in total. The number of hydrogen-bond acceptors (Lipinski definition) is 5. The van der Waals surface area contributed by atoms with Crippen molar-refractivity contribution in [2.24, 2.45) is 0 Å². The van der Waals surface area contributed by atoms with E-state index in [9.17, 15) is 0 Å². The zero-order valence-corrected chi connectivity index (χ0v) is 38.2. The summed E-state index contributed by atoms with van der Waals surface area (Å²) in [7, 11) is 0. The summed E-state index contributed by atoms with van der Waals surface area (Å²) in [6, 6.07) is 79.8. The molecule has 326 valence electrons. The summed E-state index contributed by atoms with van der Waals surface area (Å²) in [6.07, 6.45) is 0. The van der Waals surface area contributed by atoms with Crippen molar-refractivity contribution in [3.8, 4) is 56.7 Å². The van der Waals surface area contributed by atoms with Crippen LogP contribution in [0.25, 0.3) is 142 Å². The molecule has 0 unspecified atom stereocenters. The number of fused-ring (bicyclic) bond motifs is 13. The van der Waals surface area contributed by atoms with Crippen molar-refractivity contribution in [3.63, 3.8) is 0 Å². The third-order valence-corrected chi connectivity index (χ3v) is 15.2. The molecule has 15 rings (SSSR count). The molecular weight excluding hydrogens is 875 g/mol. The molecule has 0 saturated carbocycles. The Balaban J connectivity index is 1.04. The van der Waals surface area contributed by atoms with Gasteiger partial charge in [0, 0.05) is 74.9 Å². The van der Waals surface area contributed by atoms with Crippen LogP contribution in [0.3, 0.4) is 0 Å². The molecule has 5 heterocycles. The summed E-state index contributed by atoms with van der Waals surface area (Å²) in [5, 5.41) is 9.41. The number of hydrogen-bond donors (Lipinski definition) is 0. The molecule has 0 amide bonds. The summed E-state index contributed by atoms with van der Waals surface area (Å²) in [5.41, 5.74) is 13.7. The number of aromatic nitrogens is 5. The van der Waals surface area contributed by atoms with Crippen molar-refractivity contribution in [2.45, 2.75) is 0 Å². The van der Waals surface area contributed by atoms with Crippen LogP contribution in [0.4, 0.5) is 0 Å². The van der Waals surface area contributed by atoms with Crippen molar-refractivity contribution in [1.82, 2.24) is 24.1 Å². The van der Waals surface area contributed by atoms with Crippen LogP contribution in [0, 0.1) is 0 Å². The van der Waals surface area contributed by atoms with Crippen molar-refractivity contribution >= 4 is 97.1 Å². The molecule has 0 bridgehead atoms. The number of nitrogens with zero attached hydrogens (tertiary/aromatic N) is 5. The third-order valence-electron chi connectivity index (χ3n) is 14.0. The number of furan rings is 1. The second-order valence-electron chi connectivity index (χ2n) is 17.9. The van der Waals surface area contributed by atoms with Crippen molar-refractivity contribution in [2.75, 3.05) is 0 Å². The fourth-order valence-electron chi connectivity index (χ4n) is 10.9. The predicted octanol–water partition coefficient (Wildman–Crippen LogP) is 17.0. The summed E-state index contributed by atoms with van der Waals surface area (Å²) in [6.45, 7) is 0. The SMILES string of the molecule is c1ccc(-c2nc(-c3ccccc3)nc(-c3ccc(-n4c5ccc(-c6ccc7oc8ccccc8c7c6)cc5c5c6c7ccccc7n(-c7ccccc7)c6ccc54)c4c3sc3ccccc34)n2)cc1. The van der Waals surface area contributed by atoms with Crippen LogP contribution in [0.5, 0.6) is 0 Å². The predicted molar refractivity (Wildman–Crippen MR) is 290 cm³/mol. The van der Waals surface area contributed by atoms with E-state index in [1.54, 1.807) is 11.3 Å². The zero-order valence-electron chi connectivity index (χ0n) is 37.4. The van der Waals surface area contributed by atoms with Gasteiger partial charge in [-0.2, -0.15) is 0 Å². The van der Waals surface area contributed by atoms with E-state index in [0.29, 0.717) is 17.5 Å². The monoisotopic (exact) mass is 911 g/mol. The number of rotatable bonds is 6. The Hall–Kier alpha value is -9.17. The second-order valence-corrected chi connectivity index (χ2v) is 18.9. The van der Waals surface area contributed by atoms with E-state index >= 15 is 0 Å². The minimum absolute atomic E-state index is 0.639. The van der Waals surface area contributed by atoms with Gasteiger partial charge in [0.25, 0.3) is 0 Å². The lowest BCUT2D eigenvalue weighted by atomic mass is 9.99. The normalized spacial score (nSPS) is 12.0. The maximum atomic E-state index is 6.28. The van der Waals surface area contributed by atoms with Crippen molar-refractivity contribution < 1.29 is 4.42 Å². The third kappa shape index (κ3) is 5.82. The van der Waals surface area contributed by atoms with E-state index in [-0.39, 0.29) is 0 Å². The standard InChI is InChI=1S/C63H37N5OS/c1-4-16-38(17-5-1)61-64-62(39-18-6-2-7-19-39)66-63(65-61)46-30-32-53(59-45-24-12-15-27-56(45)70-60(46)59)68-50-31-28-40(41-29-35-55-47(36-41)43-22-11-14-26-54(43)69-55)37-48(50)58-52(68)34-33-51-57(58)44-23-10-13-25-49(44)67(51)42-20-8-3-9-21-42/h1-37H. The highest BCUT2D eigenvalue weighted by molar-refractivity contribution is 7.26. The molecule has 0 aliphatic carbocycles. The van der Waals surface area contributed by atoms with Crippen LogP contribution in [0.15, 0.2) is 229 Å². The van der Waals surface area contributed by atoms with Crippen LogP contribution >= 0.6 is 11.3 Å². The number of thiophene rings is 1. The van der Waals surface area contributed by atoms with Gasteiger partial charge in [0.1, 0.15) is 11.2 Å². The van der Waals surface area contributed by atoms with Crippen molar-refractivity contribution in [1.29, 1.82) is 0 Å². The fraction of sp³-hybridized carbons (Fsp3) is 0. The molecule has 7 heteroatoms. The van der Waals surface area contributed by atoms with Gasteiger partial charge in [-0.3, -0.25) is 0 Å². The smallest absolute Gasteiger partial charge is 0.165 e. The first-order chi connectivity index (χ1) is 34.7. The van der Waals surface area contributed by atoms with Crippen LogP contribution in [0.1, 0.15) is 0 Å². The minimum atomic E-state index is 0.639. The molecule has 6 nitrogen and oxygen atoms in total. The number of benzene rings is 10. The zero-order chi connectivity index (χ0) is 45.9. The Morgan fingerprint density at radius 2 is 0.886 bits per heavy atom. The second kappa shape index (κ2) is 15.2. The first kappa shape index (κ1) is 38.9. The van der Waals surface area contributed by atoms with E-state index in [1.807, 2.05) is 48.5 Å². The van der Waals surface area contributed by atoms with E-state index in [1.165, 1.54) is 37.1 Å². The van der Waals surface area contributed by atoms with Crippen LogP contribution in [-0.2, 0) is 0 Å². The quantitative estimate of drug-likeness (QED) is 0.167. The summed E-state index contributed by atoms with van der Waals surface area (Å²) >= 11 is 1.79. The lowest BCUT2D eigenvalue weighted by molar-refractivity contribution is 0.669. The van der Waals surface area contributed by atoms with E-state index < -0.39 is 0 Å². The topological polar surface area (TPSA) is 61.7 Å². The molecule has 0 aliphatic heterocycles. The van der Waals surface area contributed by atoms with Crippen molar-refractivity contribution in [3.05, 3.63) is 224 Å². The highest BCUT2D eigenvalue weighted by Crippen LogP contribution is 2.48. The van der Waals surface area contributed by atoms with Gasteiger partial charge in [0.15, 0.2) is 17.5 Å². The molecule has 0 radical (unpaired) electrons. The fourth-order valence-corrected chi connectivity index (χ4v) is 12.1. The van der Waals surface area contributed by atoms with Crippen LogP contribution < -0.4 is 0 Å². The van der Waals surface area contributed by atoms with Gasteiger partial charge in [0.2, 0.25) is 0 Å². The van der Waals surface area contributed by atoms with Crippen LogP contribution in [0.2, 0.25) is 0 Å². The van der Waals surface area contributed by atoms with E-state index in [0.717, 1.165) is 87.8 Å². The lowest BCUT2D eigenvalue weighted by Crippen LogP contribution is -2.01. The Labute approximate surface area is 404 Å². The average molecular weight is 912 g/mol. The van der Waals surface area contributed by atoms with Gasteiger partial charge in [-0.05, 0) is 90.0 Å². The molecule has 15 aromatic rings. The van der Waals surface area contributed by atoms with E-state index in [2.05, 4.69) is 185 Å². The van der Waals surface area contributed by atoms with Gasteiger partial charge >= 0.3 is 0 Å². The highest BCUT2D eigenvalue weighted by Gasteiger charge is 2.25. The summed E-state index contributed by atoms with van der Waals surface area (Å²) in [5.74, 6) is 1.92. The lowest BCUT2D eigenvalue weighted by Gasteiger charge is -2.14. The first-order valence-electron chi connectivity index (χ1n) is 23.5. The maximum absolute atomic E-state index is 6.28. The summed E-state index contributed by atoms with van der Waals surface area (Å²) in [4.78, 5) is 15.5. The molecule has 5 aromatic heterocycles. The van der Waals surface area contributed by atoms with E-state index in [4.69, 9.17) is 19.4 Å². The largest absolute Gasteiger partial charge is 0.456 e. The Bertz CT molecular complexity index is 4530. The molecule has 0 spiro atoms. The molecular formula is C63H37N5OS. The Morgan fingerprint density at radius 1 is 0.343 bits per heavy atom. The molecule has 10 aromatic carbocycles. The Morgan fingerprint density at radius 3 is 1.64 bits per heavy atom. The van der Waals surface area contributed by atoms with Gasteiger partial charge in [0.05, 0.1) is 27.8 Å². The molecule has 0 atom stereocenters. The van der Waals surface area contributed by atoms with Gasteiger partial charge in [-0.25, -0.2) is 15.0 Å². The van der Waals surface area contributed by atoms with Gasteiger partial charge in [-0.1, -0.05) is 146 Å². The van der Waals surface area contributed by atoms with Crippen LogP contribution in [-0.4, -0.2) is 24.1 Å². The van der Waals surface area contributed by atoms with Gasteiger partial charge < -0.3 is 13.6 Å². The average Bonchev–Trinajstić information content (AvgIpc) is 4.19. The van der Waals surface area contributed by atoms with Gasteiger partial charge in [-0.15, -0.1) is 11.3 Å². The Kier molecular flexibility index (Phi) is 8.43. The highest BCUT2D eigenvalue weighted by atomic mass is 32.1. The maximum Gasteiger partial charge on any atom is 0.165 e. The first-order valence-corrected chi connectivity index (χ1v) is 24.3. The minimum Gasteiger partial charge on any atom is -0.456 e. The molecule has 0 aliphatic rings.